The summed E-state index contributed by atoms with van der Waals surface area (Å²) in [6, 6.07) is 4.50. The molecule has 1 aromatic rings. The topological polar surface area (TPSA) is 57.6 Å². The molecule has 0 aliphatic heterocycles. The summed E-state index contributed by atoms with van der Waals surface area (Å²) in [5, 5.41) is 9.42. The summed E-state index contributed by atoms with van der Waals surface area (Å²) in [6.07, 6.45) is 0.671. The van der Waals surface area contributed by atoms with Crippen LogP contribution in [0.1, 0.15) is 23.7 Å². The number of nitrogens with zero attached hydrogens (tertiary/aromatic N) is 1. The minimum absolute atomic E-state index is 0.221. The van der Waals surface area contributed by atoms with Crippen LogP contribution in [0.15, 0.2) is 18.2 Å². The smallest absolute Gasteiger partial charge is 0.323 e. The average molecular weight is 290 g/mol. The molecular weight excluding hydrogens is 277 g/mol. The lowest BCUT2D eigenvalue weighted by Gasteiger charge is -2.20. The van der Waals surface area contributed by atoms with Crippen molar-refractivity contribution in [3.63, 3.8) is 0 Å². The monoisotopic (exact) mass is 289 g/mol. The molecular formula is C12H13Cl2NO3. The lowest BCUT2D eigenvalue weighted by Crippen LogP contribution is -2.36. The molecule has 1 aromatic carbocycles. The van der Waals surface area contributed by atoms with Crippen molar-refractivity contribution >= 4 is 35.1 Å². The van der Waals surface area contributed by atoms with E-state index in [2.05, 4.69) is 0 Å². The van der Waals surface area contributed by atoms with Crippen molar-refractivity contribution in [2.45, 2.75) is 13.3 Å². The van der Waals surface area contributed by atoms with E-state index in [9.17, 15) is 9.59 Å². The molecule has 0 aliphatic carbocycles. The van der Waals surface area contributed by atoms with Crippen LogP contribution in [0, 0.1) is 0 Å². The van der Waals surface area contributed by atoms with Crippen LogP contribution in [-0.2, 0) is 4.79 Å². The maximum absolute atomic E-state index is 12.1. The normalized spacial score (nSPS) is 10.2. The van der Waals surface area contributed by atoms with Crippen molar-refractivity contribution in [2.24, 2.45) is 0 Å². The zero-order valence-corrected chi connectivity index (χ0v) is 11.3. The highest BCUT2D eigenvalue weighted by molar-refractivity contribution is 6.36. The van der Waals surface area contributed by atoms with Gasteiger partial charge in [0.05, 0.1) is 10.6 Å². The number of rotatable bonds is 5. The summed E-state index contributed by atoms with van der Waals surface area (Å²) in [6.45, 7) is 1.89. The second-order valence-corrected chi connectivity index (χ2v) is 4.59. The number of hydrogen-bond donors (Lipinski definition) is 1. The number of benzene rings is 1. The minimum Gasteiger partial charge on any atom is -0.480 e. The Labute approximate surface area is 115 Å². The molecule has 0 heterocycles. The highest BCUT2D eigenvalue weighted by Gasteiger charge is 2.20. The van der Waals surface area contributed by atoms with Crippen LogP contribution in [0.3, 0.4) is 0 Å². The van der Waals surface area contributed by atoms with E-state index in [0.29, 0.717) is 18.0 Å². The predicted molar refractivity (Wildman–Crippen MR) is 70.3 cm³/mol. The molecule has 1 amide bonds. The van der Waals surface area contributed by atoms with E-state index in [-0.39, 0.29) is 17.1 Å². The highest BCUT2D eigenvalue weighted by atomic mass is 35.5. The summed E-state index contributed by atoms with van der Waals surface area (Å²) in [7, 11) is 0. The van der Waals surface area contributed by atoms with Gasteiger partial charge < -0.3 is 10.0 Å². The van der Waals surface area contributed by atoms with Gasteiger partial charge in [0.1, 0.15) is 6.54 Å². The van der Waals surface area contributed by atoms with Crippen molar-refractivity contribution in [1.82, 2.24) is 4.90 Å². The number of carbonyl (C=O) groups is 2. The number of hydrogen-bond acceptors (Lipinski definition) is 2. The van der Waals surface area contributed by atoms with Crippen LogP contribution in [0.2, 0.25) is 10.0 Å². The van der Waals surface area contributed by atoms with Gasteiger partial charge in [0.25, 0.3) is 5.91 Å². The lowest BCUT2D eigenvalue weighted by molar-refractivity contribution is -0.137. The van der Waals surface area contributed by atoms with Gasteiger partial charge in [-0.15, -0.1) is 0 Å². The van der Waals surface area contributed by atoms with Gasteiger partial charge in [0.2, 0.25) is 0 Å². The molecule has 0 aromatic heterocycles. The molecule has 6 heteroatoms. The van der Waals surface area contributed by atoms with Crippen molar-refractivity contribution < 1.29 is 14.7 Å². The molecule has 0 radical (unpaired) electrons. The number of halogens is 2. The average Bonchev–Trinajstić information content (AvgIpc) is 2.27. The van der Waals surface area contributed by atoms with Crippen molar-refractivity contribution in [2.75, 3.05) is 13.1 Å². The van der Waals surface area contributed by atoms with Crippen LogP contribution in [0.25, 0.3) is 0 Å². The van der Waals surface area contributed by atoms with Gasteiger partial charge >= 0.3 is 5.97 Å². The van der Waals surface area contributed by atoms with E-state index in [1.54, 1.807) is 6.07 Å². The molecule has 0 unspecified atom stereocenters. The Morgan fingerprint density at radius 2 is 2.00 bits per heavy atom. The van der Waals surface area contributed by atoms with Crippen LogP contribution >= 0.6 is 23.2 Å². The van der Waals surface area contributed by atoms with E-state index >= 15 is 0 Å². The number of aliphatic carboxylic acids is 1. The number of carbonyl (C=O) groups excluding carboxylic acids is 1. The van der Waals surface area contributed by atoms with Crippen molar-refractivity contribution in [3.8, 4) is 0 Å². The second-order valence-electron chi connectivity index (χ2n) is 3.74. The van der Waals surface area contributed by atoms with Crippen LogP contribution in [-0.4, -0.2) is 35.0 Å². The summed E-state index contributed by atoms with van der Waals surface area (Å²) >= 11 is 11.7. The Balaban J connectivity index is 2.97. The number of carboxylic acids is 1. The Morgan fingerprint density at radius 1 is 1.33 bits per heavy atom. The molecule has 0 saturated heterocycles. The maximum Gasteiger partial charge on any atom is 0.323 e. The van der Waals surface area contributed by atoms with Crippen molar-refractivity contribution in [3.05, 3.63) is 33.8 Å². The van der Waals surface area contributed by atoms with Gasteiger partial charge in [-0.1, -0.05) is 30.1 Å². The summed E-state index contributed by atoms with van der Waals surface area (Å²) in [4.78, 5) is 24.1. The molecule has 1 rings (SSSR count). The standard InChI is InChI=1S/C12H13Cl2NO3/c1-2-5-15(7-11(16)17)12(18)9-4-3-8(13)6-10(9)14/h3-4,6H,2,5,7H2,1H3,(H,16,17). The summed E-state index contributed by atoms with van der Waals surface area (Å²) < 4.78 is 0. The van der Waals surface area contributed by atoms with Crippen LogP contribution in [0.4, 0.5) is 0 Å². The van der Waals surface area contributed by atoms with E-state index in [1.807, 2.05) is 6.92 Å². The molecule has 0 fully saturated rings. The Morgan fingerprint density at radius 3 is 2.50 bits per heavy atom. The first kappa shape index (κ1) is 14.8. The quantitative estimate of drug-likeness (QED) is 0.907. The molecule has 18 heavy (non-hydrogen) atoms. The lowest BCUT2D eigenvalue weighted by atomic mass is 10.2. The second kappa shape index (κ2) is 6.61. The molecule has 0 bridgehead atoms. The third-order valence-corrected chi connectivity index (χ3v) is 2.82. The molecule has 0 spiro atoms. The largest absolute Gasteiger partial charge is 0.480 e. The predicted octanol–water partition coefficient (Wildman–Crippen LogP) is 2.93. The zero-order valence-electron chi connectivity index (χ0n) is 9.82. The van der Waals surface area contributed by atoms with Crippen LogP contribution in [0.5, 0.6) is 0 Å². The molecule has 0 aliphatic rings. The zero-order chi connectivity index (χ0) is 13.7. The first-order valence-corrected chi connectivity index (χ1v) is 6.17. The molecule has 98 valence electrons. The Hall–Kier alpha value is -1.26. The summed E-state index contributed by atoms with van der Waals surface area (Å²) in [5.74, 6) is -1.46. The fourth-order valence-electron chi connectivity index (χ4n) is 1.52. The Kier molecular flexibility index (Phi) is 5.44. The van der Waals surface area contributed by atoms with Gasteiger partial charge in [-0.25, -0.2) is 0 Å². The first-order chi connectivity index (χ1) is 8.45. The Bertz CT molecular complexity index is 463. The minimum atomic E-state index is -1.05. The summed E-state index contributed by atoms with van der Waals surface area (Å²) in [5.41, 5.74) is 0.260. The maximum atomic E-state index is 12.1. The SMILES string of the molecule is CCCN(CC(=O)O)C(=O)c1ccc(Cl)cc1Cl. The van der Waals surface area contributed by atoms with Gasteiger partial charge in [-0.05, 0) is 24.6 Å². The van der Waals surface area contributed by atoms with E-state index < -0.39 is 11.9 Å². The van der Waals surface area contributed by atoms with Gasteiger partial charge in [-0.2, -0.15) is 0 Å². The third-order valence-electron chi connectivity index (χ3n) is 2.27. The van der Waals surface area contributed by atoms with Gasteiger partial charge in [-0.3, -0.25) is 9.59 Å². The molecule has 4 nitrogen and oxygen atoms in total. The van der Waals surface area contributed by atoms with E-state index in [0.717, 1.165) is 0 Å². The number of amides is 1. The molecule has 1 N–H and O–H groups in total. The van der Waals surface area contributed by atoms with Gasteiger partial charge in [0, 0.05) is 11.6 Å². The fraction of sp³-hybridized carbons (Fsp3) is 0.333. The number of carboxylic acid groups (broad SMARTS) is 1. The fourth-order valence-corrected chi connectivity index (χ4v) is 2.01. The molecule has 0 atom stereocenters. The third kappa shape index (κ3) is 3.89. The first-order valence-electron chi connectivity index (χ1n) is 5.41. The van der Waals surface area contributed by atoms with E-state index in [4.69, 9.17) is 28.3 Å². The highest BCUT2D eigenvalue weighted by Crippen LogP contribution is 2.22. The van der Waals surface area contributed by atoms with Gasteiger partial charge in [0.15, 0.2) is 0 Å². The van der Waals surface area contributed by atoms with E-state index in [1.165, 1.54) is 17.0 Å². The van der Waals surface area contributed by atoms with Crippen LogP contribution < -0.4 is 0 Å². The molecule has 0 saturated carbocycles. The van der Waals surface area contributed by atoms with Crippen molar-refractivity contribution in [1.29, 1.82) is 0 Å².